The average molecular weight is 502 g/mol. The van der Waals surface area contributed by atoms with E-state index >= 15 is 0 Å². The van der Waals surface area contributed by atoms with Crippen LogP contribution in [0.2, 0.25) is 0 Å². The Morgan fingerprint density at radius 2 is 2.00 bits per heavy atom. The third-order valence-electron chi connectivity index (χ3n) is 4.69. The van der Waals surface area contributed by atoms with Crippen molar-refractivity contribution in [3.05, 3.63) is 24.3 Å². The van der Waals surface area contributed by atoms with E-state index in [1.54, 1.807) is 11.9 Å². The lowest BCUT2D eigenvalue weighted by Crippen LogP contribution is -2.42. The molecule has 2 aliphatic rings. The number of para-hydroxylation sites is 2. The van der Waals surface area contributed by atoms with Gasteiger partial charge in [-0.25, -0.2) is 0 Å². The van der Waals surface area contributed by atoms with Crippen LogP contribution >= 0.6 is 24.0 Å². The third-order valence-corrected chi connectivity index (χ3v) is 4.69. The molecule has 1 heterocycles. The van der Waals surface area contributed by atoms with Crippen LogP contribution in [0.25, 0.3) is 0 Å². The number of hydrogen-bond acceptors (Lipinski definition) is 4. The zero-order valence-electron chi connectivity index (χ0n) is 16.5. The van der Waals surface area contributed by atoms with Gasteiger partial charge in [0.25, 0.3) is 5.91 Å². The van der Waals surface area contributed by atoms with Gasteiger partial charge in [-0.1, -0.05) is 12.1 Å². The SMILES string of the molecule is CN=C(NCCCOCC1CC1)NCCCN1C(=O)COc2ccccc21.I. The molecule has 28 heavy (non-hydrogen) atoms. The highest BCUT2D eigenvalue weighted by atomic mass is 127. The van der Waals surface area contributed by atoms with E-state index in [4.69, 9.17) is 9.47 Å². The smallest absolute Gasteiger partial charge is 0.265 e. The number of nitrogens with one attached hydrogen (secondary N) is 2. The van der Waals surface area contributed by atoms with Gasteiger partial charge in [-0.05, 0) is 43.7 Å². The molecule has 1 amide bonds. The van der Waals surface area contributed by atoms with Crippen molar-refractivity contribution in [1.82, 2.24) is 10.6 Å². The van der Waals surface area contributed by atoms with E-state index in [1.807, 2.05) is 24.3 Å². The Morgan fingerprint density at radius 1 is 1.25 bits per heavy atom. The van der Waals surface area contributed by atoms with Gasteiger partial charge in [0.05, 0.1) is 5.69 Å². The predicted molar refractivity (Wildman–Crippen MR) is 122 cm³/mol. The second-order valence-corrected chi connectivity index (χ2v) is 6.95. The number of carbonyl (C=O) groups is 1. The van der Waals surface area contributed by atoms with Gasteiger partial charge >= 0.3 is 0 Å². The Balaban J connectivity index is 0.00000280. The minimum atomic E-state index is 0. The number of aliphatic imine (C=N–C) groups is 1. The lowest BCUT2D eigenvalue weighted by atomic mass is 10.2. The van der Waals surface area contributed by atoms with Crippen molar-refractivity contribution in [3.8, 4) is 5.75 Å². The van der Waals surface area contributed by atoms with Crippen LogP contribution in [0.15, 0.2) is 29.3 Å². The van der Waals surface area contributed by atoms with Crippen LogP contribution in [0.4, 0.5) is 5.69 Å². The fraction of sp³-hybridized carbons (Fsp3) is 0.600. The molecule has 0 bridgehead atoms. The fourth-order valence-corrected chi connectivity index (χ4v) is 2.98. The van der Waals surface area contributed by atoms with Gasteiger partial charge in [0.1, 0.15) is 5.75 Å². The molecule has 1 fully saturated rings. The van der Waals surface area contributed by atoms with Crippen molar-refractivity contribution in [1.29, 1.82) is 0 Å². The molecule has 1 aliphatic carbocycles. The summed E-state index contributed by atoms with van der Waals surface area (Å²) in [5.74, 6) is 2.37. The summed E-state index contributed by atoms with van der Waals surface area (Å²) in [6.07, 6.45) is 4.45. The van der Waals surface area contributed by atoms with Gasteiger partial charge in [-0.3, -0.25) is 9.79 Å². The van der Waals surface area contributed by atoms with Gasteiger partial charge in [-0.15, -0.1) is 24.0 Å². The monoisotopic (exact) mass is 502 g/mol. The Kier molecular flexibility index (Phi) is 9.83. The molecule has 0 aromatic heterocycles. The van der Waals surface area contributed by atoms with Gasteiger partial charge in [0.2, 0.25) is 0 Å². The number of rotatable bonds is 10. The summed E-state index contributed by atoms with van der Waals surface area (Å²) in [4.78, 5) is 18.2. The fourth-order valence-electron chi connectivity index (χ4n) is 2.98. The Hall–Kier alpha value is -1.55. The topological polar surface area (TPSA) is 75.2 Å². The van der Waals surface area contributed by atoms with Crippen molar-refractivity contribution in [2.75, 3.05) is 51.4 Å². The molecule has 8 heteroatoms. The van der Waals surface area contributed by atoms with E-state index < -0.39 is 0 Å². The molecule has 1 saturated carbocycles. The Labute approximate surface area is 184 Å². The van der Waals surface area contributed by atoms with E-state index in [0.717, 1.165) is 62.5 Å². The first-order valence-corrected chi connectivity index (χ1v) is 9.82. The van der Waals surface area contributed by atoms with Crippen LogP contribution in [0.1, 0.15) is 25.7 Å². The number of anilines is 1. The maximum absolute atomic E-state index is 12.1. The number of ether oxygens (including phenoxy) is 2. The summed E-state index contributed by atoms with van der Waals surface area (Å²) >= 11 is 0. The summed E-state index contributed by atoms with van der Waals surface area (Å²) in [6, 6.07) is 7.66. The first kappa shape index (κ1) is 22.7. The highest BCUT2D eigenvalue weighted by Gasteiger charge is 2.24. The number of carbonyl (C=O) groups excluding carboxylic acids is 1. The minimum absolute atomic E-state index is 0. The maximum Gasteiger partial charge on any atom is 0.265 e. The lowest BCUT2D eigenvalue weighted by Gasteiger charge is -2.29. The highest BCUT2D eigenvalue weighted by Crippen LogP contribution is 2.31. The number of amides is 1. The molecule has 2 N–H and O–H groups in total. The molecule has 1 aromatic carbocycles. The molecule has 0 unspecified atom stereocenters. The standard InChI is InChI=1S/C20H30N4O3.HI/c1-21-20(23-11-5-13-26-14-16-8-9-16)22-10-4-12-24-17-6-2-3-7-18(17)27-15-19(24)25;/h2-3,6-7,16H,4-5,8-15H2,1H3,(H2,21,22,23);1H. The maximum atomic E-state index is 12.1. The van der Waals surface area contributed by atoms with Crippen molar-refractivity contribution < 1.29 is 14.3 Å². The molecule has 156 valence electrons. The Morgan fingerprint density at radius 3 is 2.75 bits per heavy atom. The number of benzene rings is 1. The first-order chi connectivity index (χ1) is 13.3. The van der Waals surface area contributed by atoms with Gasteiger partial charge < -0.3 is 25.0 Å². The summed E-state index contributed by atoms with van der Waals surface area (Å²) in [6.45, 7) is 4.04. The minimum Gasteiger partial charge on any atom is -0.482 e. The second-order valence-electron chi connectivity index (χ2n) is 6.95. The number of fused-ring (bicyclic) bond motifs is 1. The molecule has 3 rings (SSSR count). The molecular formula is C20H31IN4O3. The first-order valence-electron chi connectivity index (χ1n) is 9.82. The van der Waals surface area contributed by atoms with E-state index in [-0.39, 0.29) is 36.5 Å². The van der Waals surface area contributed by atoms with Crippen LogP contribution in [0.5, 0.6) is 5.75 Å². The van der Waals surface area contributed by atoms with Gasteiger partial charge in [0.15, 0.2) is 12.6 Å². The molecule has 0 radical (unpaired) electrons. The lowest BCUT2D eigenvalue weighted by molar-refractivity contribution is -0.121. The van der Waals surface area contributed by atoms with Crippen molar-refractivity contribution >= 4 is 41.5 Å². The van der Waals surface area contributed by atoms with Crippen LogP contribution in [0.3, 0.4) is 0 Å². The molecule has 0 saturated heterocycles. The molecule has 1 aromatic rings. The largest absolute Gasteiger partial charge is 0.482 e. The molecule has 0 spiro atoms. The van der Waals surface area contributed by atoms with Crippen LogP contribution < -0.4 is 20.3 Å². The normalized spacial score (nSPS) is 16.1. The van der Waals surface area contributed by atoms with Crippen LogP contribution in [0, 0.1) is 5.92 Å². The van der Waals surface area contributed by atoms with E-state index in [9.17, 15) is 4.79 Å². The number of hydrogen-bond donors (Lipinski definition) is 2. The van der Waals surface area contributed by atoms with Crippen LogP contribution in [-0.2, 0) is 9.53 Å². The zero-order valence-corrected chi connectivity index (χ0v) is 18.8. The number of nitrogens with zero attached hydrogens (tertiary/aromatic N) is 2. The molecular weight excluding hydrogens is 471 g/mol. The number of halogens is 1. The van der Waals surface area contributed by atoms with Crippen molar-refractivity contribution in [2.45, 2.75) is 25.7 Å². The summed E-state index contributed by atoms with van der Waals surface area (Å²) in [5, 5.41) is 6.59. The summed E-state index contributed by atoms with van der Waals surface area (Å²) in [7, 11) is 1.76. The second kappa shape index (κ2) is 12.1. The third kappa shape index (κ3) is 7.12. The van der Waals surface area contributed by atoms with E-state index in [2.05, 4.69) is 15.6 Å². The molecule has 1 aliphatic heterocycles. The van der Waals surface area contributed by atoms with Crippen molar-refractivity contribution in [3.63, 3.8) is 0 Å². The zero-order chi connectivity index (χ0) is 18.9. The quantitative estimate of drug-likeness (QED) is 0.223. The van der Waals surface area contributed by atoms with Crippen LogP contribution in [-0.4, -0.2) is 58.4 Å². The molecule has 0 atom stereocenters. The van der Waals surface area contributed by atoms with E-state index in [1.165, 1.54) is 12.8 Å². The predicted octanol–water partition coefficient (Wildman–Crippen LogP) is 2.40. The number of guanidine groups is 1. The average Bonchev–Trinajstić information content (AvgIpc) is 3.52. The Bertz CT molecular complexity index is 652. The molecule has 7 nitrogen and oxygen atoms in total. The summed E-state index contributed by atoms with van der Waals surface area (Å²) < 4.78 is 11.1. The van der Waals surface area contributed by atoms with Gasteiger partial charge in [0, 0.05) is 39.9 Å². The van der Waals surface area contributed by atoms with E-state index in [0.29, 0.717) is 6.54 Å². The van der Waals surface area contributed by atoms with Crippen molar-refractivity contribution in [2.24, 2.45) is 10.9 Å². The summed E-state index contributed by atoms with van der Waals surface area (Å²) in [5.41, 5.74) is 0.849. The van der Waals surface area contributed by atoms with Gasteiger partial charge in [-0.2, -0.15) is 0 Å². The highest BCUT2D eigenvalue weighted by molar-refractivity contribution is 14.0.